The van der Waals surface area contributed by atoms with Crippen molar-refractivity contribution in [1.29, 1.82) is 0 Å². The standard InChI is InChI=1S/C16H19N3O4.C11H9FN2O3/c1-10-16(11(2)23-18-10)12-3-4-14(15(9-12)19(20)21)17-13-5-7-22-8-6-13;1-6-11(7(2)17-13-6)8-3-4-9(12)10(5-8)14(15)16/h3-4,9,13,17H,5-8H2,1-2H3;3-5H,1-2H3. The maximum Gasteiger partial charge on any atom is 0.305 e. The van der Waals surface area contributed by atoms with Gasteiger partial charge in [-0.05, 0) is 63.8 Å². The predicted molar refractivity (Wildman–Crippen MR) is 144 cm³/mol. The molecular weight excluding hydrogens is 525 g/mol. The van der Waals surface area contributed by atoms with Crippen LogP contribution in [0.1, 0.15) is 35.7 Å². The van der Waals surface area contributed by atoms with Crippen molar-refractivity contribution in [3.8, 4) is 22.3 Å². The molecule has 2 aromatic carbocycles. The predicted octanol–water partition coefficient (Wildman–Crippen LogP) is 6.46. The van der Waals surface area contributed by atoms with Gasteiger partial charge in [0.05, 0.1) is 21.2 Å². The smallest absolute Gasteiger partial charge is 0.305 e. The molecule has 1 fully saturated rings. The highest BCUT2D eigenvalue weighted by Gasteiger charge is 2.22. The Kier molecular flexibility index (Phi) is 8.53. The lowest BCUT2D eigenvalue weighted by molar-refractivity contribution is -0.387. The van der Waals surface area contributed by atoms with Gasteiger partial charge in [-0.1, -0.05) is 22.4 Å². The molecule has 4 aromatic rings. The number of rotatable bonds is 6. The summed E-state index contributed by atoms with van der Waals surface area (Å²) in [7, 11) is 0. The van der Waals surface area contributed by atoms with Crippen molar-refractivity contribution < 1.29 is 28.0 Å². The summed E-state index contributed by atoms with van der Waals surface area (Å²) in [6.07, 6.45) is 1.70. The second-order valence-corrected chi connectivity index (χ2v) is 9.34. The fourth-order valence-corrected chi connectivity index (χ4v) is 4.62. The molecule has 210 valence electrons. The zero-order valence-electron chi connectivity index (χ0n) is 22.4. The molecule has 1 saturated heterocycles. The summed E-state index contributed by atoms with van der Waals surface area (Å²) < 4.78 is 28.6. The summed E-state index contributed by atoms with van der Waals surface area (Å²) in [5, 5.41) is 33.0. The van der Waals surface area contributed by atoms with Crippen molar-refractivity contribution in [2.45, 2.75) is 46.6 Å². The largest absolute Gasteiger partial charge is 0.381 e. The number of halogens is 1. The highest BCUT2D eigenvalue weighted by atomic mass is 19.1. The van der Waals surface area contributed by atoms with Gasteiger partial charge in [-0.15, -0.1) is 0 Å². The third-order valence-electron chi connectivity index (χ3n) is 6.56. The minimum absolute atomic E-state index is 0.0639. The Morgan fingerprint density at radius 1 is 0.825 bits per heavy atom. The highest BCUT2D eigenvalue weighted by Crippen LogP contribution is 2.35. The van der Waals surface area contributed by atoms with Gasteiger partial charge in [0, 0.05) is 42.5 Å². The topological polar surface area (TPSA) is 160 Å². The first-order valence-electron chi connectivity index (χ1n) is 12.5. The number of benzene rings is 2. The average Bonchev–Trinajstić information content (AvgIpc) is 3.44. The number of aromatic nitrogens is 2. The van der Waals surface area contributed by atoms with Crippen LogP contribution in [-0.4, -0.2) is 39.4 Å². The first-order chi connectivity index (χ1) is 19.1. The van der Waals surface area contributed by atoms with Gasteiger partial charge >= 0.3 is 5.69 Å². The van der Waals surface area contributed by atoms with Crippen molar-refractivity contribution in [2.24, 2.45) is 0 Å². The van der Waals surface area contributed by atoms with Gasteiger partial charge in [0.1, 0.15) is 17.2 Å². The Morgan fingerprint density at radius 2 is 1.32 bits per heavy atom. The Morgan fingerprint density at radius 3 is 1.80 bits per heavy atom. The third kappa shape index (κ3) is 6.15. The fourth-order valence-electron chi connectivity index (χ4n) is 4.62. The van der Waals surface area contributed by atoms with Gasteiger partial charge in [-0.25, -0.2) is 0 Å². The summed E-state index contributed by atoms with van der Waals surface area (Å²) in [6, 6.07) is 9.12. The van der Waals surface area contributed by atoms with Crippen LogP contribution in [0.3, 0.4) is 0 Å². The van der Waals surface area contributed by atoms with Crippen molar-refractivity contribution in [3.05, 3.63) is 85.4 Å². The van der Waals surface area contributed by atoms with Crippen LogP contribution in [-0.2, 0) is 4.74 Å². The van der Waals surface area contributed by atoms with Gasteiger partial charge in [0.15, 0.2) is 0 Å². The number of nitro groups is 2. The Labute approximate surface area is 228 Å². The van der Waals surface area contributed by atoms with E-state index in [9.17, 15) is 24.6 Å². The summed E-state index contributed by atoms with van der Waals surface area (Å²) in [5.41, 5.74) is 4.12. The lowest BCUT2D eigenvalue weighted by Crippen LogP contribution is -2.28. The van der Waals surface area contributed by atoms with E-state index in [1.54, 1.807) is 32.9 Å². The molecule has 0 unspecified atom stereocenters. The molecule has 1 aliphatic heterocycles. The van der Waals surface area contributed by atoms with Crippen molar-refractivity contribution in [2.75, 3.05) is 18.5 Å². The van der Waals surface area contributed by atoms with E-state index >= 15 is 0 Å². The lowest BCUT2D eigenvalue weighted by atomic mass is 10.0. The van der Waals surface area contributed by atoms with E-state index in [0.29, 0.717) is 47.2 Å². The molecule has 0 bridgehead atoms. The highest BCUT2D eigenvalue weighted by molar-refractivity contribution is 5.75. The monoisotopic (exact) mass is 553 g/mol. The second-order valence-electron chi connectivity index (χ2n) is 9.34. The Bertz CT molecular complexity index is 1500. The molecule has 2 aromatic heterocycles. The van der Waals surface area contributed by atoms with E-state index in [0.717, 1.165) is 35.7 Å². The van der Waals surface area contributed by atoms with Crippen molar-refractivity contribution in [1.82, 2.24) is 10.3 Å². The second kappa shape index (κ2) is 12.0. The number of nitro benzene ring substituents is 2. The van der Waals surface area contributed by atoms with E-state index in [1.807, 2.05) is 13.0 Å². The molecule has 0 aliphatic carbocycles. The molecule has 0 radical (unpaired) electrons. The number of nitrogens with zero attached hydrogens (tertiary/aromatic N) is 4. The first-order valence-corrected chi connectivity index (χ1v) is 12.5. The van der Waals surface area contributed by atoms with Gasteiger partial charge in [-0.2, -0.15) is 4.39 Å². The normalized spacial score (nSPS) is 13.4. The quantitative estimate of drug-likeness (QED) is 0.207. The van der Waals surface area contributed by atoms with Crippen molar-refractivity contribution >= 4 is 17.1 Å². The molecule has 1 aliphatic rings. The molecule has 5 rings (SSSR count). The van der Waals surface area contributed by atoms with Crippen LogP contribution in [0.15, 0.2) is 45.4 Å². The fraction of sp³-hybridized carbons (Fsp3) is 0.333. The van der Waals surface area contributed by atoms with Crippen LogP contribution in [0.25, 0.3) is 22.3 Å². The number of aryl methyl sites for hydroxylation is 4. The van der Waals surface area contributed by atoms with E-state index < -0.39 is 16.4 Å². The minimum Gasteiger partial charge on any atom is -0.381 e. The molecule has 0 atom stereocenters. The molecule has 0 saturated carbocycles. The maximum absolute atomic E-state index is 13.2. The number of hydrogen-bond acceptors (Lipinski definition) is 10. The van der Waals surface area contributed by atoms with Gasteiger partial charge in [0.2, 0.25) is 5.82 Å². The molecule has 0 amide bonds. The van der Waals surface area contributed by atoms with Gasteiger partial charge in [0.25, 0.3) is 5.69 Å². The van der Waals surface area contributed by atoms with E-state index in [4.69, 9.17) is 13.8 Å². The van der Waals surface area contributed by atoms with E-state index in [1.165, 1.54) is 12.1 Å². The SMILES string of the molecule is Cc1noc(C)c1-c1ccc(F)c([N+](=O)[O-])c1.Cc1noc(C)c1-c1ccc(NC2CCOCC2)c([N+](=O)[O-])c1. The van der Waals surface area contributed by atoms with Crippen LogP contribution in [0, 0.1) is 53.7 Å². The molecule has 40 heavy (non-hydrogen) atoms. The number of ether oxygens (including phenoxy) is 1. The number of hydrogen-bond donors (Lipinski definition) is 1. The first kappa shape index (κ1) is 28.4. The summed E-state index contributed by atoms with van der Waals surface area (Å²) in [6.45, 7) is 8.41. The molecule has 13 heteroatoms. The minimum atomic E-state index is -0.856. The van der Waals surface area contributed by atoms with E-state index in [-0.39, 0.29) is 16.7 Å². The number of anilines is 1. The van der Waals surface area contributed by atoms with Crippen LogP contribution < -0.4 is 5.32 Å². The van der Waals surface area contributed by atoms with E-state index in [2.05, 4.69) is 15.6 Å². The molecule has 12 nitrogen and oxygen atoms in total. The zero-order chi connectivity index (χ0) is 29.0. The van der Waals surface area contributed by atoms with Crippen LogP contribution >= 0.6 is 0 Å². The van der Waals surface area contributed by atoms with Crippen molar-refractivity contribution in [3.63, 3.8) is 0 Å². The molecule has 0 spiro atoms. The summed E-state index contributed by atoms with van der Waals surface area (Å²) in [4.78, 5) is 21.0. The molecule has 1 N–H and O–H groups in total. The third-order valence-corrected chi connectivity index (χ3v) is 6.56. The summed E-state index contributed by atoms with van der Waals surface area (Å²) >= 11 is 0. The number of nitrogens with one attached hydrogen (secondary N) is 1. The Hall–Kier alpha value is -4.65. The van der Waals surface area contributed by atoms with Crippen LogP contribution in [0.2, 0.25) is 0 Å². The average molecular weight is 554 g/mol. The maximum atomic E-state index is 13.2. The molecule has 3 heterocycles. The van der Waals surface area contributed by atoms with Gasteiger partial charge < -0.3 is 19.1 Å². The van der Waals surface area contributed by atoms with Gasteiger partial charge in [-0.3, -0.25) is 20.2 Å². The Balaban J connectivity index is 0.000000194. The van der Waals surface area contributed by atoms with Crippen LogP contribution in [0.5, 0.6) is 0 Å². The van der Waals surface area contributed by atoms with Crippen LogP contribution in [0.4, 0.5) is 21.5 Å². The lowest BCUT2D eigenvalue weighted by Gasteiger charge is -2.24. The summed E-state index contributed by atoms with van der Waals surface area (Å²) in [5.74, 6) is 0.343. The molecular formula is C27H28FN5O7. The zero-order valence-corrected chi connectivity index (χ0v) is 22.4.